The van der Waals surface area contributed by atoms with E-state index in [1.165, 1.54) is 0 Å². The van der Waals surface area contributed by atoms with E-state index in [0.717, 1.165) is 30.4 Å². The largest absolute Gasteiger partial charge is 0.493 e. The molecule has 0 saturated carbocycles. The molecule has 1 amide bonds. The molecule has 2 aromatic carbocycles. The molecule has 1 N–H and O–H groups in total. The molecule has 0 unspecified atom stereocenters. The molecule has 4 rings (SSSR count). The van der Waals surface area contributed by atoms with Gasteiger partial charge in [0, 0.05) is 30.8 Å². The molecule has 1 aromatic heterocycles. The number of carbonyl (C=O) groups excluding carboxylic acids is 2. The standard InChI is InChI=1S/C25H29N5O6S/c1-33-20-10-9-19(23(34-2)24(20)35-3)15-28-11-13-29(14-12-28)30-16-22(36-27-30)26-21(31)17-37-25(32)18-7-5-4-6-8-18/h4-10,16H,11-15,17H2,1-3H3/p+1. The summed E-state index contributed by atoms with van der Waals surface area (Å²) >= 11 is 0.940. The average molecular weight is 529 g/mol. The minimum atomic E-state index is -0.341. The van der Waals surface area contributed by atoms with Crippen LogP contribution in [0.25, 0.3) is 0 Å². The number of hydrogen-bond acceptors (Lipinski definition) is 10. The number of nitrogens with zero attached hydrogens (tertiary/aromatic N) is 4. The summed E-state index contributed by atoms with van der Waals surface area (Å²) in [7, 11) is 4.81. The highest BCUT2D eigenvalue weighted by Crippen LogP contribution is 2.40. The second-order valence-electron chi connectivity index (χ2n) is 8.20. The van der Waals surface area contributed by atoms with Crippen LogP contribution in [0.15, 0.2) is 53.2 Å². The Labute approximate surface area is 219 Å². The fraction of sp³-hybridized carbons (Fsp3) is 0.360. The van der Waals surface area contributed by atoms with Gasteiger partial charge in [-0.3, -0.25) is 24.3 Å². The number of hydrogen-bond donors (Lipinski definition) is 1. The molecule has 2 heterocycles. The predicted octanol–water partition coefficient (Wildman–Crippen LogP) is 1.95. The van der Waals surface area contributed by atoms with E-state index >= 15 is 0 Å². The Bertz CT molecular complexity index is 1210. The molecule has 0 radical (unpaired) electrons. The van der Waals surface area contributed by atoms with Gasteiger partial charge < -0.3 is 14.2 Å². The van der Waals surface area contributed by atoms with E-state index in [1.54, 1.807) is 56.6 Å². The molecule has 196 valence electrons. The zero-order valence-electron chi connectivity index (χ0n) is 21.0. The summed E-state index contributed by atoms with van der Waals surface area (Å²) in [6, 6.07) is 12.7. The lowest BCUT2D eigenvalue weighted by molar-refractivity contribution is -0.759. The maximum atomic E-state index is 12.3. The highest BCUT2D eigenvalue weighted by Gasteiger charge is 2.27. The van der Waals surface area contributed by atoms with Crippen LogP contribution in [-0.4, -0.2) is 74.5 Å². The Morgan fingerprint density at radius 1 is 1.00 bits per heavy atom. The molecule has 1 aliphatic heterocycles. The van der Waals surface area contributed by atoms with Gasteiger partial charge in [0.2, 0.25) is 22.0 Å². The number of anilines is 1. The molecule has 12 heteroatoms. The molecule has 0 atom stereocenters. The monoisotopic (exact) mass is 528 g/mol. The fourth-order valence-corrected chi connectivity index (χ4v) is 4.65. The maximum Gasteiger partial charge on any atom is 0.305 e. The Morgan fingerprint density at radius 2 is 1.73 bits per heavy atom. The molecule has 0 bridgehead atoms. The smallest absolute Gasteiger partial charge is 0.305 e. The first-order chi connectivity index (χ1) is 18.0. The molecular weight excluding hydrogens is 498 g/mol. The zero-order valence-corrected chi connectivity index (χ0v) is 21.8. The lowest BCUT2D eigenvalue weighted by atomic mass is 10.1. The SMILES string of the molecule is COc1ccc(CN2CCN([n+]3cc(NC(=O)CSC(=O)c4ccccc4)on3)CC2)c(OC)c1OC. The van der Waals surface area contributed by atoms with Gasteiger partial charge in [-0.2, -0.15) is 5.01 Å². The Balaban J connectivity index is 1.27. The van der Waals surface area contributed by atoms with Crippen molar-refractivity contribution >= 4 is 28.7 Å². The van der Waals surface area contributed by atoms with Gasteiger partial charge in [0.1, 0.15) is 0 Å². The van der Waals surface area contributed by atoms with E-state index in [2.05, 4.69) is 15.5 Å². The molecule has 37 heavy (non-hydrogen) atoms. The van der Waals surface area contributed by atoms with E-state index in [1.807, 2.05) is 23.2 Å². The van der Waals surface area contributed by atoms with Crippen LogP contribution in [0.5, 0.6) is 17.2 Å². The molecular formula is C25H30N5O6S+. The number of amides is 1. The van der Waals surface area contributed by atoms with Gasteiger partial charge in [0.15, 0.2) is 11.5 Å². The van der Waals surface area contributed by atoms with Crippen molar-refractivity contribution in [1.82, 2.24) is 10.2 Å². The Hall–Kier alpha value is -3.77. The number of ether oxygens (including phenoxy) is 3. The molecule has 11 nitrogen and oxygen atoms in total. The first-order valence-electron chi connectivity index (χ1n) is 11.7. The van der Waals surface area contributed by atoms with Gasteiger partial charge in [0.05, 0.1) is 45.0 Å². The fourth-order valence-electron chi connectivity index (χ4n) is 4.02. The summed E-state index contributed by atoms with van der Waals surface area (Å²) in [5, 5.41) is 8.53. The average Bonchev–Trinajstić information content (AvgIpc) is 3.40. The van der Waals surface area contributed by atoms with E-state index in [-0.39, 0.29) is 22.7 Å². The molecule has 0 aliphatic carbocycles. The van der Waals surface area contributed by atoms with E-state index in [4.69, 9.17) is 18.7 Å². The van der Waals surface area contributed by atoms with Crippen molar-refractivity contribution in [3.8, 4) is 17.2 Å². The van der Waals surface area contributed by atoms with Crippen LogP contribution in [0, 0.1) is 0 Å². The van der Waals surface area contributed by atoms with Gasteiger partial charge in [-0.05, 0) is 6.07 Å². The Morgan fingerprint density at radius 3 is 2.41 bits per heavy atom. The van der Waals surface area contributed by atoms with Crippen LogP contribution in [0.2, 0.25) is 0 Å². The van der Waals surface area contributed by atoms with Crippen molar-refractivity contribution in [2.45, 2.75) is 6.54 Å². The first kappa shape index (κ1) is 26.3. The highest BCUT2D eigenvalue weighted by atomic mass is 32.2. The number of benzene rings is 2. The van der Waals surface area contributed by atoms with Crippen LogP contribution < -0.4 is 29.3 Å². The minimum Gasteiger partial charge on any atom is -0.493 e. The van der Waals surface area contributed by atoms with Crippen LogP contribution in [0.3, 0.4) is 0 Å². The van der Waals surface area contributed by atoms with Gasteiger partial charge in [-0.1, -0.05) is 48.2 Å². The van der Waals surface area contributed by atoms with Gasteiger partial charge in [-0.15, -0.1) is 0 Å². The maximum absolute atomic E-state index is 12.3. The summed E-state index contributed by atoms with van der Waals surface area (Å²) in [6.07, 6.45) is 1.62. The summed E-state index contributed by atoms with van der Waals surface area (Å²) < 4.78 is 21.7. The normalized spacial score (nSPS) is 13.8. The number of aromatic nitrogens is 2. The quantitative estimate of drug-likeness (QED) is 0.392. The lowest BCUT2D eigenvalue weighted by Gasteiger charge is -2.30. The van der Waals surface area contributed by atoms with Crippen molar-refractivity contribution in [1.29, 1.82) is 0 Å². The second kappa shape index (κ2) is 12.5. The number of carbonyl (C=O) groups is 2. The minimum absolute atomic E-state index is 0.0211. The van der Waals surface area contributed by atoms with E-state index in [0.29, 0.717) is 42.4 Å². The van der Waals surface area contributed by atoms with Crippen LogP contribution in [0.1, 0.15) is 15.9 Å². The van der Waals surface area contributed by atoms with Gasteiger partial charge in [-0.25, -0.2) is 0 Å². The third kappa shape index (κ3) is 6.52. The van der Waals surface area contributed by atoms with Crippen molar-refractivity contribution in [3.63, 3.8) is 0 Å². The summed E-state index contributed by atoms with van der Waals surface area (Å²) in [5.74, 6) is 1.73. The first-order valence-corrected chi connectivity index (χ1v) is 12.7. The number of nitrogens with one attached hydrogen (secondary N) is 1. The number of thioether (sulfide) groups is 1. The number of methoxy groups -OCH3 is 3. The van der Waals surface area contributed by atoms with Crippen molar-refractivity contribution in [3.05, 3.63) is 59.8 Å². The topological polar surface area (TPSA) is 110 Å². The molecule has 0 spiro atoms. The zero-order chi connectivity index (χ0) is 26.2. The summed E-state index contributed by atoms with van der Waals surface area (Å²) in [6.45, 7) is 3.69. The van der Waals surface area contributed by atoms with Gasteiger partial charge in [0.25, 0.3) is 6.20 Å². The predicted molar refractivity (Wildman–Crippen MR) is 138 cm³/mol. The summed E-state index contributed by atoms with van der Waals surface area (Å²) in [5.41, 5.74) is 1.57. The second-order valence-corrected chi connectivity index (χ2v) is 9.15. The number of rotatable bonds is 10. The van der Waals surface area contributed by atoms with Crippen molar-refractivity contribution in [2.24, 2.45) is 0 Å². The van der Waals surface area contributed by atoms with E-state index in [9.17, 15) is 9.59 Å². The Kier molecular flexibility index (Phi) is 8.86. The molecule has 1 fully saturated rings. The lowest BCUT2D eigenvalue weighted by Crippen LogP contribution is -2.65. The van der Waals surface area contributed by atoms with Crippen LogP contribution >= 0.6 is 11.8 Å². The molecule has 1 saturated heterocycles. The van der Waals surface area contributed by atoms with Gasteiger partial charge >= 0.3 is 5.88 Å². The molecule has 1 aliphatic rings. The third-order valence-electron chi connectivity index (χ3n) is 5.88. The van der Waals surface area contributed by atoms with Crippen molar-refractivity contribution < 1.29 is 33.1 Å². The summed E-state index contributed by atoms with van der Waals surface area (Å²) in [4.78, 5) is 28.3. The molecule has 3 aromatic rings. The highest BCUT2D eigenvalue weighted by molar-refractivity contribution is 8.14. The van der Waals surface area contributed by atoms with Crippen LogP contribution in [-0.2, 0) is 11.3 Å². The number of piperazine rings is 1. The third-order valence-corrected chi connectivity index (χ3v) is 6.78. The van der Waals surface area contributed by atoms with E-state index < -0.39 is 0 Å². The van der Waals surface area contributed by atoms with Crippen molar-refractivity contribution in [2.75, 3.05) is 63.6 Å². The van der Waals surface area contributed by atoms with Crippen LogP contribution in [0.4, 0.5) is 5.88 Å².